The fourth-order valence-electron chi connectivity index (χ4n) is 0. The van der Waals surface area contributed by atoms with Crippen LogP contribution >= 0.6 is 35.4 Å². The van der Waals surface area contributed by atoms with Gasteiger partial charge < -0.3 is 0 Å². The Morgan fingerprint density at radius 3 is 0.294 bits per heavy atom. The standard InChI is InChI=1S/4F3P.Pd/c4*1-4(2)3;. The Kier molecular flexibility index (Phi) is 47.9. The van der Waals surface area contributed by atoms with Gasteiger partial charge in [-0.3, -0.25) is 0 Å². The van der Waals surface area contributed by atoms with E-state index in [1.807, 2.05) is 0 Å². The second kappa shape index (κ2) is 26.2. The summed E-state index contributed by atoms with van der Waals surface area (Å²) in [6.07, 6.45) is 0. The summed E-state index contributed by atoms with van der Waals surface area (Å²) in [7, 11) is -16.5. The summed E-state index contributed by atoms with van der Waals surface area (Å²) in [5.41, 5.74) is 0. The molecule has 0 saturated carbocycles. The summed E-state index contributed by atoms with van der Waals surface area (Å²) in [5, 5.41) is 0. The van der Waals surface area contributed by atoms with E-state index in [1.165, 1.54) is 0 Å². The van der Waals surface area contributed by atoms with Gasteiger partial charge in [-0.05, 0) is 0 Å². The topological polar surface area (TPSA) is 0 Å². The zero-order valence-corrected chi connectivity index (χ0v) is 11.8. The third-order valence-electron chi connectivity index (χ3n) is 0. The molecule has 0 nitrogen and oxygen atoms in total. The van der Waals surface area contributed by atoms with Crippen molar-refractivity contribution in [1.29, 1.82) is 0 Å². The van der Waals surface area contributed by atoms with Crippen molar-refractivity contribution in [3.8, 4) is 0 Å². The Bertz CT molecular complexity index is 61.5. The van der Waals surface area contributed by atoms with Gasteiger partial charge in [0.2, 0.25) is 0 Å². The Balaban J connectivity index is -0.0000000369. The van der Waals surface area contributed by atoms with Crippen molar-refractivity contribution in [2.75, 3.05) is 0 Å². The molecule has 0 aromatic carbocycles. The Morgan fingerprint density at radius 2 is 0.294 bits per heavy atom. The maximum Gasteiger partial charge on any atom is 0.456 e. The summed E-state index contributed by atoms with van der Waals surface area (Å²) >= 11 is 0. The molecule has 0 aliphatic rings. The third kappa shape index (κ3) is 1780. The first-order chi connectivity index (χ1) is 6.93. The molecule has 0 aromatic heterocycles. The molecule has 0 radical (unpaired) electrons. The van der Waals surface area contributed by atoms with Crippen molar-refractivity contribution in [3.05, 3.63) is 0 Å². The predicted molar refractivity (Wildman–Crippen MR) is 41.0 cm³/mol. The molecular formula is F12P4Pd. The molecule has 0 bridgehead atoms. The van der Waals surface area contributed by atoms with Crippen LogP contribution in [-0.2, 0) is 20.4 Å². The molecule has 0 heterocycles. The molecule has 0 N–H and O–H groups in total. The molecule has 17 heavy (non-hydrogen) atoms. The number of rotatable bonds is 0. The molecule has 0 fully saturated rings. The summed E-state index contributed by atoms with van der Waals surface area (Å²) in [4.78, 5) is 0. The largest absolute Gasteiger partial charge is 0.456 e. The Labute approximate surface area is 107 Å². The van der Waals surface area contributed by atoms with Crippen LogP contribution in [0.15, 0.2) is 0 Å². The van der Waals surface area contributed by atoms with Crippen molar-refractivity contribution in [1.82, 2.24) is 0 Å². The minimum Gasteiger partial charge on any atom is -0.152 e. The fraction of sp³-hybridized carbons (Fsp3) is 0. The van der Waals surface area contributed by atoms with E-state index in [9.17, 15) is 50.4 Å². The zero-order valence-electron chi connectivity index (χ0n) is 6.64. The van der Waals surface area contributed by atoms with Crippen LogP contribution in [0.3, 0.4) is 0 Å². The van der Waals surface area contributed by atoms with Crippen molar-refractivity contribution < 1.29 is 70.8 Å². The quantitative estimate of drug-likeness (QED) is 0.194. The van der Waals surface area contributed by atoms with Crippen molar-refractivity contribution in [3.63, 3.8) is 0 Å². The fourth-order valence-corrected chi connectivity index (χ4v) is 0. The van der Waals surface area contributed by atoms with Crippen LogP contribution in [-0.4, -0.2) is 0 Å². The van der Waals surface area contributed by atoms with Gasteiger partial charge >= 0.3 is 35.4 Å². The molecule has 0 saturated heterocycles. The van der Waals surface area contributed by atoms with Crippen LogP contribution in [0.4, 0.5) is 50.4 Å². The van der Waals surface area contributed by atoms with E-state index in [0.717, 1.165) is 0 Å². The monoisotopic (exact) mass is 458 g/mol. The molecule has 17 heteroatoms. The van der Waals surface area contributed by atoms with Gasteiger partial charge in [0.25, 0.3) is 0 Å². The third-order valence-corrected chi connectivity index (χ3v) is 0. The first kappa shape index (κ1) is 31.1. The minimum atomic E-state index is -4.12. The maximum atomic E-state index is 9.73. The summed E-state index contributed by atoms with van der Waals surface area (Å²) < 4.78 is 117. The van der Waals surface area contributed by atoms with E-state index >= 15 is 0 Å². The van der Waals surface area contributed by atoms with E-state index in [1.54, 1.807) is 0 Å². The van der Waals surface area contributed by atoms with Crippen LogP contribution in [0, 0.1) is 0 Å². The SMILES string of the molecule is FP(F)F.FP(F)F.FP(F)F.FP(F)F.[Pd]. The van der Waals surface area contributed by atoms with Gasteiger partial charge in [-0.2, -0.15) is 50.4 Å². The van der Waals surface area contributed by atoms with Gasteiger partial charge in [0.1, 0.15) is 0 Å². The molecule has 114 valence electrons. The maximum absolute atomic E-state index is 9.73. The molecular weight excluding hydrogens is 458 g/mol. The molecule has 0 aliphatic carbocycles. The van der Waals surface area contributed by atoms with E-state index in [-0.39, 0.29) is 20.4 Å². The van der Waals surface area contributed by atoms with E-state index in [4.69, 9.17) is 0 Å². The van der Waals surface area contributed by atoms with Crippen LogP contribution in [0.1, 0.15) is 0 Å². The molecule has 0 spiro atoms. The van der Waals surface area contributed by atoms with Crippen molar-refractivity contribution in [2.45, 2.75) is 0 Å². The van der Waals surface area contributed by atoms with Gasteiger partial charge in [-0.1, -0.05) is 0 Å². The van der Waals surface area contributed by atoms with Gasteiger partial charge in [-0.25, -0.2) is 0 Å². The Morgan fingerprint density at radius 1 is 0.294 bits per heavy atom. The van der Waals surface area contributed by atoms with Gasteiger partial charge in [-0.15, -0.1) is 0 Å². The van der Waals surface area contributed by atoms with Crippen molar-refractivity contribution >= 4 is 35.4 Å². The average molecular weight is 458 g/mol. The number of hydrogen-bond donors (Lipinski definition) is 0. The minimum absolute atomic E-state index is 0. The van der Waals surface area contributed by atoms with Gasteiger partial charge in [0, 0.05) is 20.4 Å². The molecule has 0 unspecified atom stereocenters. The normalized spacial score (nSPS) is 8.47. The second-order valence-electron chi connectivity index (χ2n) is 0.767. The van der Waals surface area contributed by atoms with Gasteiger partial charge in [0.05, 0.1) is 0 Å². The summed E-state index contributed by atoms with van der Waals surface area (Å²) in [6.45, 7) is 0. The van der Waals surface area contributed by atoms with Crippen LogP contribution in [0.5, 0.6) is 0 Å². The summed E-state index contributed by atoms with van der Waals surface area (Å²) in [6, 6.07) is 0. The smallest absolute Gasteiger partial charge is 0.152 e. The van der Waals surface area contributed by atoms with E-state index in [0.29, 0.717) is 0 Å². The summed E-state index contributed by atoms with van der Waals surface area (Å²) in [5.74, 6) is 0. The molecule has 0 atom stereocenters. The zero-order chi connectivity index (χ0) is 14.3. The first-order valence-corrected chi connectivity index (χ1v) is 6.09. The number of halogens is 12. The van der Waals surface area contributed by atoms with Crippen LogP contribution < -0.4 is 0 Å². The second-order valence-corrected chi connectivity index (χ2v) is 2.30. The Hall–Kier alpha value is 1.54. The van der Waals surface area contributed by atoms with Crippen LogP contribution in [0.25, 0.3) is 0 Å². The molecule has 0 aliphatic heterocycles. The molecule has 0 amide bonds. The van der Waals surface area contributed by atoms with Gasteiger partial charge in [0.15, 0.2) is 0 Å². The molecule has 0 rings (SSSR count). The van der Waals surface area contributed by atoms with Crippen molar-refractivity contribution in [2.24, 2.45) is 0 Å². The predicted octanol–water partition coefficient (Wildman–Crippen LogP) is 8.48. The number of hydrogen-bond acceptors (Lipinski definition) is 0. The molecule has 0 aromatic rings. The van der Waals surface area contributed by atoms with E-state index in [2.05, 4.69) is 0 Å². The van der Waals surface area contributed by atoms with E-state index < -0.39 is 35.4 Å². The van der Waals surface area contributed by atoms with Crippen LogP contribution in [0.2, 0.25) is 0 Å². The first-order valence-electron chi connectivity index (χ1n) is 2.03. The average Bonchev–Trinajstić information content (AvgIpc) is 1.76.